The van der Waals surface area contributed by atoms with E-state index in [1.165, 1.54) is 0 Å². The number of hydrogen-bond acceptors (Lipinski definition) is 3. The van der Waals surface area contributed by atoms with Crippen molar-refractivity contribution in [3.8, 4) is 0 Å². The predicted molar refractivity (Wildman–Crippen MR) is 76.2 cm³/mol. The topological polar surface area (TPSA) is 75.6 Å². The highest BCUT2D eigenvalue weighted by Crippen LogP contribution is 2.18. The zero-order chi connectivity index (χ0) is 14.7. The summed E-state index contributed by atoms with van der Waals surface area (Å²) < 4.78 is 1.97. The molecule has 2 aromatic heterocycles. The minimum absolute atomic E-state index is 0.0330. The highest BCUT2D eigenvalue weighted by Gasteiger charge is 2.16. The molecule has 2 aromatic rings. The summed E-state index contributed by atoms with van der Waals surface area (Å²) in [5, 5.41) is 10.1. The molecule has 0 aliphatic heterocycles. The molecule has 0 aromatic carbocycles. The number of nitrogens with zero attached hydrogens (tertiary/aromatic N) is 3. The van der Waals surface area contributed by atoms with E-state index >= 15 is 0 Å². The molecule has 2 rings (SSSR count). The number of carbonyl (C=O) groups is 1. The number of hydrogen-bond donors (Lipinski definition) is 2. The number of aromatic nitrogens is 4. The van der Waals surface area contributed by atoms with Gasteiger partial charge in [0.25, 0.3) is 0 Å². The third-order valence-corrected chi connectivity index (χ3v) is 3.50. The minimum atomic E-state index is -0.0369. The van der Waals surface area contributed by atoms with Crippen molar-refractivity contribution in [3.63, 3.8) is 0 Å². The van der Waals surface area contributed by atoms with Gasteiger partial charge in [0.1, 0.15) is 5.82 Å². The lowest BCUT2D eigenvalue weighted by Crippen LogP contribution is -2.28. The second-order valence-electron chi connectivity index (χ2n) is 5.05. The van der Waals surface area contributed by atoms with E-state index in [4.69, 9.17) is 0 Å². The van der Waals surface area contributed by atoms with Crippen molar-refractivity contribution in [2.75, 3.05) is 0 Å². The van der Waals surface area contributed by atoms with Gasteiger partial charge in [-0.25, -0.2) is 4.98 Å². The Labute approximate surface area is 118 Å². The molecular weight excluding hydrogens is 254 g/mol. The van der Waals surface area contributed by atoms with Crippen LogP contribution in [0, 0.1) is 20.8 Å². The van der Waals surface area contributed by atoms with Gasteiger partial charge in [0.15, 0.2) is 0 Å². The van der Waals surface area contributed by atoms with Crippen molar-refractivity contribution in [1.82, 2.24) is 25.1 Å². The molecule has 0 aliphatic rings. The molecule has 2 heterocycles. The molecule has 0 bridgehead atoms. The largest absolute Gasteiger partial charge is 0.349 e. The first kappa shape index (κ1) is 14.3. The maximum absolute atomic E-state index is 12.0. The second kappa shape index (κ2) is 5.90. The Morgan fingerprint density at radius 3 is 2.75 bits per heavy atom. The SMILES string of the molecule is Cc1n[nH]c(C)c1C(C)NC(=O)CCn1ccnc1C. The number of H-pyrrole nitrogens is 1. The fourth-order valence-corrected chi connectivity index (χ4v) is 2.45. The number of amides is 1. The van der Waals surface area contributed by atoms with Crippen molar-refractivity contribution in [3.05, 3.63) is 35.2 Å². The molecule has 6 nitrogen and oxygen atoms in total. The molecule has 0 saturated carbocycles. The zero-order valence-electron chi connectivity index (χ0n) is 12.4. The van der Waals surface area contributed by atoms with Gasteiger partial charge in [-0.15, -0.1) is 0 Å². The average Bonchev–Trinajstić information content (AvgIpc) is 2.93. The van der Waals surface area contributed by atoms with Crippen LogP contribution in [-0.2, 0) is 11.3 Å². The Kier molecular flexibility index (Phi) is 4.22. The summed E-state index contributed by atoms with van der Waals surface area (Å²) in [4.78, 5) is 16.1. The first-order chi connectivity index (χ1) is 9.49. The van der Waals surface area contributed by atoms with E-state index in [9.17, 15) is 4.79 Å². The molecule has 0 spiro atoms. The van der Waals surface area contributed by atoms with Crippen molar-refractivity contribution < 1.29 is 4.79 Å². The number of rotatable bonds is 5. The summed E-state index contributed by atoms with van der Waals surface area (Å²) in [5.74, 6) is 0.956. The van der Waals surface area contributed by atoms with Crippen LogP contribution in [0.15, 0.2) is 12.4 Å². The highest BCUT2D eigenvalue weighted by molar-refractivity contribution is 5.76. The first-order valence-electron chi connectivity index (χ1n) is 6.77. The van der Waals surface area contributed by atoms with Gasteiger partial charge in [-0.2, -0.15) is 5.10 Å². The molecule has 0 radical (unpaired) electrons. The van der Waals surface area contributed by atoms with E-state index in [2.05, 4.69) is 20.5 Å². The molecule has 2 N–H and O–H groups in total. The van der Waals surface area contributed by atoms with Crippen molar-refractivity contribution >= 4 is 5.91 Å². The van der Waals surface area contributed by atoms with E-state index in [0.717, 1.165) is 22.8 Å². The Balaban J connectivity index is 1.90. The van der Waals surface area contributed by atoms with E-state index < -0.39 is 0 Å². The maximum Gasteiger partial charge on any atom is 0.222 e. The van der Waals surface area contributed by atoms with Crippen LogP contribution in [0.2, 0.25) is 0 Å². The molecule has 20 heavy (non-hydrogen) atoms. The normalized spacial score (nSPS) is 12.4. The summed E-state index contributed by atoms with van der Waals surface area (Å²) in [7, 11) is 0. The summed E-state index contributed by atoms with van der Waals surface area (Å²) in [6, 6.07) is -0.0369. The van der Waals surface area contributed by atoms with Gasteiger partial charge in [-0.05, 0) is 27.7 Å². The molecule has 0 fully saturated rings. The summed E-state index contributed by atoms with van der Waals surface area (Å²) in [6.45, 7) is 8.46. The maximum atomic E-state index is 12.0. The smallest absolute Gasteiger partial charge is 0.222 e. The lowest BCUT2D eigenvalue weighted by Gasteiger charge is -2.15. The summed E-state index contributed by atoms with van der Waals surface area (Å²) in [5.41, 5.74) is 3.00. The molecule has 1 atom stereocenters. The Morgan fingerprint density at radius 1 is 1.45 bits per heavy atom. The number of aromatic amines is 1. The van der Waals surface area contributed by atoms with Crippen LogP contribution in [0.4, 0.5) is 0 Å². The predicted octanol–water partition coefficient (Wildman–Crippen LogP) is 1.80. The quantitative estimate of drug-likeness (QED) is 0.873. The average molecular weight is 275 g/mol. The number of aryl methyl sites for hydroxylation is 4. The molecule has 108 valence electrons. The van der Waals surface area contributed by atoms with Gasteiger partial charge < -0.3 is 9.88 Å². The standard InChI is InChI=1S/C14H21N5O/c1-9(14-10(2)17-18-11(14)3)16-13(20)5-7-19-8-6-15-12(19)4/h6,8-9H,5,7H2,1-4H3,(H,16,20)(H,17,18). The lowest BCUT2D eigenvalue weighted by atomic mass is 10.1. The van der Waals surface area contributed by atoms with Crippen molar-refractivity contribution in [2.45, 2.75) is 46.7 Å². The van der Waals surface area contributed by atoms with E-state index in [1.807, 2.05) is 38.5 Å². The van der Waals surface area contributed by atoms with Gasteiger partial charge >= 0.3 is 0 Å². The van der Waals surface area contributed by atoms with Crippen molar-refractivity contribution in [1.29, 1.82) is 0 Å². The Bertz CT molecular complexity index is 579. The van der Waals surface area contributed by atoms with Gasteiger partial charge in [0.05, 0.1) is 11.7 Å². The summed E-state index contributed by atoms with van der Waals surface area (Å²) >= 11 is 0. The first-order valence-corrected chi connectivity index (χ1v) is 6.77. The second-order valence-corrected chi connectivity index (χ2v) is 5.05. The van der Waals surface area contributed by atoms with Gasteiger partial charge in [-0.3, -0.25) is 9.89 Å². The molecule has 0 saturated heterocycles. The summed E-state index contributed by atoms with van der Waals surface area (Å²) in [6.07, 6.45) is 4.07. The van der Waals surface area contributed by atoms with Crippen LogP contribution in [-0.4, -0.2) is 25.7 Å². The molecule has 1 unspecified atom stereocenters. The van der Waals surface area contributed by atoms with E-state index in [1.54, 1.807) is 6.20 Å². The zero-order valence-corrected chi connectivity index (χ0v) is 12.4. The van der Waals surface area contributed by atoms with Crippen LogP contribution in [0.3, 0.4) is 0 Å². The molecule has 1 amide bonds. The monoisotopic (exact) mass is 275 g/mol. The van der Waals surface area contributed by atoms with Crippen LogP contribution < -0.4 is 5.32 Å². The van der Waals surface area contributed by atoms with Crippen LogP contribution >= 0.6 is 0 Å². The van der Waals surface area contributed by atoms with Gasteiger partial charge in [-0.1, -0.05) is 0 Å². The van der Waals surface area contributed by atoms with Crippen molar-refractivity contribution in [2.24, 2.45) is 0 Å². The highest BCUT2D eigenvalue weighted by atomic mass is 16.1. The third kappa shape index (κ3) is 3.07. The fraction of sp³-hybridized carbons (Fsp3) is 0.500. The van der Waals surface area contributed by atoms with E-state index in [0.29, 0.717) is 13.0 Å². The Morgan fingerprint density at radius 2 is 2.20 bits per heavy atom. The molecular formula is C14H21N5O. The number of carbonyl (C=O) groups excluding carboxylic acids is 1. The fourth-order valence-electron chi connectivity index (χ4n) is 2.45. The van der Waals surface area contributed by atoms with Crippen LogP contribution in [0.25, 0.3) is 0 Å². The van der Waals surface area contributed by atoms with Gasteiger partial charge in [0, 0.05) is 36.6 Å². The minimum Gasteiger partial charge on any atom is -0.349 e. The van der Waals surface area contributed by atoms with Crippen LogP contribution in [0.1, 0.15) is 42.2 Å². The number of nitrogens with one attached hydrogen (secondary N) is 2. The van der Waals surface area contributed by atoms with Crippen LogP contribution in [0.5, 0.6) is 0 Å². The Hall–Kier alpha value is -2.11. The van der Waals surface area contributed by atoms with E-state index in [-0.39, 0.29) is 11.9 Å². The third-order valence-electron chi connectivity index (χ3n) is 3.50. The number of imidazole rings is 1. The lowest BCUT2D eigenvalue weighted by molar-refractivity contribution is -0.121. The van der Waals surface area contributed by atoms with Gasteiger partial charge in [0.2, 0.25) is 5.91 Å². The molecule has 0 aliphatic carbocycles. The molecule has 6 heteroatoms.